The molecule has 0 unspecified atom stereocenters. The summed E-state index contributed by atoms with van der Waals surface area (Å²) in [5.41, 5.74) is 7.58. The third-order valence-electron chi connectivity index (χ3n) is 2.34. The maximum atomic E-state index is 6.01. The Kier molecular flexibility index (Phi) is 3.19. The number of fused-ring (bicyclic) bond motifs is 1. The van der Waals surface area contributed by atoms with Gasteiger partial charge in [0.25, 0.3) is 0 Å². The lowest BCUT2D eigenvalue weighted by atomic mass is 10.2. The molecular weight excluding hydrogens is 332 g/mol. The number of aromatic nitrogens is 3. The Morgan fingerprint density at radius 1 is 1.28 bits per heavy atom. The highest BCUT2D eigenvalue weighted by atomic mass is 79.9. The minimum absolute atomic E-state index is 0.654. The van der Waals surface area contributed by atoms with Gasteiger partial charge in [-0.15, -0.1) is 0 Å². The summed E-state index contributed by atoms with van der Waals surface area (Å²) in [7, 11) is 0. The number of halogens is 1. The van der Waals surface area contributed by atoms with Crippen LogP contribution in [0.15, 0.2) is 44.4 Å². The minimum Gasteiger partial charge on any atom is -0.397 e. The molecule has 1 aromatic carbocycles. The zero-order chi connectivity index (χ0) is 12.5. The second kappa shape index (κ2) is 4.83. The van der Waals surface area contributed by atoms with Crippen LogP contribution in [-0.4, -0.2) is 14.3 Å². The minimum atomic E-state index is 0.654. The highest BCUT2D eigenvalue weighted by molar-refractivity contribution is 9.10. The Bertz CT molecular complexity index is 694. The monoisotopic (exact) mass is 338 g/mol. The maximum Gasteiger partial charge on any atom is 0.174 e. The molecule has 2 aromatic heterocycles. The zero-order valence-corrected chi connectivity index (χ0v) is 12.2. The molecule has 0 aliphatic carbocycles. The molecule has 0 bridgehead atoms. The van der Waals surface area contributed by atoms with Crippen molar-refractivity contribution in [1.29, 1.82) is 0 Å². The number of nitrogen functional groups attached to an aromatic ring is 1. The van der Waals surface area contributed by atoms with Crippen molar-refractivity contribution in [3.8, 4) is 0 Å². The summed E-state index contributed by atoms with van der Waals surface area (Å²) in [5, 5.41) is 1.02. The lowest BCUT2D eigenvalue weighted by Gasteiger charge is -2.07. The number of anilines is 1. The van der Waals surface area contributed by atoms with Crippen molar-refractivity contribution in [2.24, 2.45) is 0 Å². The van der Waals surface area contributed by atoms with Crippen LogP contribution in [0.2, 0.25) is 0 Å². The Labute approximate surface area is 120 Å². The van der Waals surface area contributed by atoms with E-state index in [1.54, 1.807) is 12.5 Å². The molecule has 3 aromatic rings. The van der Waals surface area contributed by atoms with Crippen LogP contribution in [-0.2, 0) is 0 Å². The van der Waals surface area contributed by atoms with E-state index in [1.807, 2.05) is 18.2 Å². The molecule has 0 aliphatic rings. The highest BCUT2D eigenvalue weighted by Crippen LogP contribution is 2.38. The molecule has 0 fully saturated rings. The van der Waals surface area contributed by atoms with Crippen molar-refractivity contribution in [3.63, 3.8) is 0 Å². The van der Waals surface area contributed by atoms with Crippen LogP contribution in [0, 0.1) is 0 Å². The molecule has 0 saturated carbocycles. The topological polar surface area (TPSA) is 64.7 Å². The lowest BCUT2D eigenvalue weighted by molar-refractivity contribution is 1.21. The van der Waals surface area contributed by atoms with E-state index in [4.69, 9.17) is 5.73 Å². The van der Waals surface area contributed by atoms with Crippen molar-refractivity contribution in [2.45, 2.75) is 9.24 Å². The van der Waals surface area contributed by atoms with Crippen molar-refractivity contribution in [1.82, 2.24) is 14.3 Å². The fourth-order valence-corrected chi connectivity index (χ4v) is 3.45. The van der Waals surface area contributed by atoms with Crippen LogP contribution in [0.4, 0.5) is 5.69 Å². The molecule has 90 valence electrons. The number of rotatable bonds is 2. The Morgan fingerprint density at radius 2 is 2.17 bits per heavy atom. The van der Waals surface area contributed by atoms with E-state index in [0.29, 0.717) is 5.69 Å². The number of benzene rings is 1. The molecule has 3 rings (SSSR count). The van der Waals surface area contributed by atoms with Crippen LogP contribution in [0.5, 0.6) is 0 Å². The van der Waals surface area contributed by atoms with Gasteiger partial charge in [-0.25, -0.2) is 4.98 Å². The smallest absolute Gasteiger partial charge is 0.174 e. The van der Waals surface area contributed by atoms with E-state index in [9.17, 15) is 0 Å². The Morgan fingerprint density at radius 3 is 2.94 bits per heavy atom. The van der Waals surface area contributed by atoms with Crippen molar-refractivity contribution in [3.05, 3.63) is 35.2 Å². The molecule has 18 heavy (non-hydrogen) atoms. The van der Waals surface area contributed by atoms with Gasteiger partial charge in [0.05, 0.1) is 17.4 Å². The van der Waals surface area contributed by atoms with Crippen LogP contribution in [0.3, 0.4) is 0 Å². The molecule has 4 nitrogen and oxygen atoms in total. The number of hydrogen-bond acceptors (Lipinski definition) is 6. The maximum absolute atomic E-state index is 6.01. The summed E-state index contributed by atoms with van der Waals surface area (Å²) in [5.74, 6) is 0. The van der Waals surface area contributed by atoms with Crippen molar-refractivity contribution < 1.29 is 0 Å². The first-order chi connectivity index (χ1) is 8.74. The second-order valence-electron chi connectivity index (χ2n) is 3.51. The first-order valence-corrected chi connectivity index (χ1v) is 7.40. The summed E-state index contributed by atoms with van der Waals surface area (Å²) in [4.78, 5) is 9.45. The van der Waals surface area contributed by atoms with Crippen LogP contribution >= 0.6 is 39.2 Å². The van der Waals surface area contributed by atoms with Gasteiger partial charge >= 0.3 is 0 Å². The van der Waals surface area contributed by atoms with Gasteiger partial charge in [-0.2, -0.15) is 4.37 Å². The Hall–Kier alpha value is -1.18. The van der Waals surface area contributed by atoms with Gasteiger partial charge in [0.15, 0.2) is 4.34 Å². The second-order valence-corrected chi connectivity index (χ2v) is 6.47. The van der Waals surface area contributed by atoms with Crippen LogP contribution in [0.1, 0.15) is 0 Å². The van der Waals surface area contributed by atoms with Gasteiger partial charge in [0.2, 0.25) is 0 Å². The first-order valence-electron chi connectivity index (χ1n) is 5.02. The van der Waals surface area contributed by atoms with Crippen molar-refractivity contribution in [2.75, 3.05) is 5.73 Å². The molecule has 0 spiro atoms. The average Bonchev–Trinajstić information content (AvgIpc) is 2.86. The zero-order valence-electron chi connectivity index (χ0n) is 9.00. The van der Waals surface area contributed by atoms with Crippen molar-refractivity contribution >= 4 is 55.8 Å². The molecule has 0 amide bonds. The summed E-state index contributed by atoms with van der Waals surface area (Å²) >= 11 is 6.34. The molecule has 0 aliphatic heterocycles. The van der Waals surface area contributed by atoms with E-state index in [-0.39, 0.29) is 0 Å². The van der Waals surface area contributed by atoms with Gasteiger partial charge in [0.1, 0.15) is 6.33 Å². The van der Waals surface area contributed by atoms with E-state index in [1.165, 1.54) is 23.3 Å². The molecule has 2 heterocycles. The predicted octanol–water partition coefficient (Wildman–Crippen LogP) is 3.58. The van der Waals surface area contributed by atoms with Crippen LogP contribution < -0.4 is 5.73 Å². The first kappa shape index (κ1) is 11.9. The standard InChI is InChI=1S/C11H7BrN4S2/c12-6-1-2-9-7(3-6)10(8(13)4-14-9)17-11-15-5-16-18-11/h1-5H,13H2. The van der Waals surface area contributed by atoms with Gasteiger partial charge in [-0.1, -0.05) is 27.7 Å². The molecule has 0 atom stereocenters. The Balaban J connectivity index is 2.19. The van der Waals surface area contributed by atoms with Gasteiger partial charge < -0.3 is 5.73 Å². The normalized spacial score (nSPS) is 10.9. The van der Waals surface area contributed by atoms with Crippen LogP contribution in [0.25, 0.3) is 10.9 Å². The van der Waals surface area contributed by atoms with E-state index in [0.717, 1.165) is 24.6 Å². The van der Waals surface area contributed by atoms with E-state index < -0.39 is 0 Å². The van der Waals surface area contributed by atoms with Gasteiger partial charge in [0, 0.05) is 14.8 Å². The average molecular weight is 339 g/mol. The number of nitrogens with zero attached hydrogens (tertiary/aromatic N) is 3. The van der Waals surface area contributed by atoms with E-state index >= 15 is 0 Å². The largest absolute Gasteiger partial charge is 0.397 e. The molecule has 2 N–H and O–H groups in total. The summed E-state index contributed by atoms with van der Waals surface area (Å²) in [6.07, 6.45) is 3.22. The molecular formula is C11H7BrN4S2. The number of hydrogen-bond donors (Lipinski definition) is 1. The summed E-state index contributed by atoms with van der Waals surface area (Å²) < 4.78 is 5.86. The SMILES string of the molecule is Nc1cnc2ccc(Br)cc2c1Sc1ncns1. The summed E-state index contributed by atoms with van der Waals surface area (Å²) in [6.45, 7) is 0. The highest BCUT2D eigenvalue weighted by Gasteiger charge is 2.10. The molecule has 0 saturated heterocycles. The third kappa shape index (κ3) is 2.21. The van der Waals surface area contributed by atoms with E-state index in [2.05, 4.69) is 30.3 Å². The number of nitrogens with two attached hydrogens (primary N) is 1. The fraction of sp³-hybridized carbons (Fsp3) is 0. The fourth-order valence-electron chi connectivity index (χ4n) is 1.57. The van der Waals surface area contributed by atoms with Gasteiger partial charge in [-0.05, 0) is 29.7 Å². The number of pyridine rings is 1. The quantitative estimate of drug-likeness (QED) is 0.773. The predicted molar refractivity (Wildman–Crippen MR) is 77.9 cm³/mol. The van der Waals surface area contributed by atoms with Gasteiger partial charge in [-0.3, -0.25) is 4.98 Å². The third-order valence-corrected chi connectivity index (χ3v) is 4.71. The lowest BCUT2D eigenvalue weighted by Crippen LogP contribution is -1.92. The summed E-state index contributed by atoms with van der Waals surface area (Å²) in [6, 6.07) is 5.94. The molecule has 7 heteroatoms. The molecule has 0 radical (unpaired) electrons.